The Labute approximate surface area is 163 Å². The van der Waals surface area contributed by atoms with Crippen LogP contribution >= 0.6 is 0 Å². The second kappa shape index (κ2) is 8.73. The van der Waals surface area contributed by atoms with Crippen LogP contribution in [0.15, 0.2) is 66.7 Å². The fourth-order valence-electron chi connectivity index (χ4n) is 3.38. The SMILES string of the molecule is CCC/C=C/c1ccc(-c2ccc(-c3ccc(OC)cc3)c(C)c2C)cc1. The highest BCUT2D eigenvalue weighted by molar-refractivity contribution is 5.77. The molecule has 0 aliphatic carbocycles. The maximum absolute atomic E-state index is 5.27. The molecule has 0 radical (unpaired) electrons. The van der Waals surface area contributed by atoms with E-state index in [1.165, 1.54) is 45.4 Å². The van der Waals surface area contributed by atoms with Gasteiger partial charge in [0.1, 0.15) is 5.75 Å². The van der Waals surface area contributed by atoms with Crippen molar-refractivity contribution in [1.29, 1.82) is 0 Å². The summed E-state index contributed by atoms with van der Waals surface area (Å²) in [5, 5.41) is 0. The van der Waals surface area contributed by atoms with E-state index < -0.39 is 0 Å². The standard InChI is InChI=1S/C26H28O/c1-5-6-7-8-21-9-11-22(12-10-21)25-17-18-26(20(3)19(25)2)23-13-15-24(27-4)16-14-23/h7-18H,5-6H2,1-4H3/b8-7+. The summed E-state index contributed by atoms with van der Waals surface area (Å²) in [6, 6.07) is 21.6. The van der Waals surface area contributed by atoms with Gasteiger partial charge in [-0.15, -0.1) is 0 Å². The normalized spacial score (nSPS) is 11.1. The third-order valence-corrected chi connectivity index (χ3v) is 5.18. The Bertz CT molecular complexity index is 916. The summed E-state index contributed by atoms with van der Waals surface area (Å²) in [6.45, 7) is 6.63. The molecule has 3 aromatic carbocycles. The molecule has 0 fully saturated rings. The Morgan fingerprint density at radius 1 is 0.741 bits per heavy atom. The second-order valence-corrected chi connectivity index (χ2v) is 6.95. The highest BCUT2D eigenvalue weighted by Crippen LogP contribution is 2.33. The van der Waals surface area contributed by atoms with Crippen LogP contribution in [0, 0.1) is 13.8 Å². The van der Waals surface area contributed by atoms with Gasteiger partial charge in [0.05, 0.1) is 7.11 Å². The van der Waals surface area contributed by atoms with Gasteiger partial charge in [0, 0.05) is 0 Å². The first-order valence-electron chi connectivity index (χ1n) is 9.65. The van der Waals surface area contributed by atoms with Gasteiger partial charge in [0.2, 0.25) is 0 Å². The number of hydrogen-bond acceptors (Lipinski definition) is 1. The summed E-state index contributed by atoms with van der Waals surface area (Å²) >= 11 is 0. The van der Waals surface area contributed by atoms with Crippen molar-refractivity contribution in [3.8, 4) is 28.0 Å². The molecule has 0 aliphatic heterocycles. The van der Waals surface area contributed by atoms with Crippen molar-refractivity contribution in [2.75, 3.05) is 7.11 Å². The molecule has 0 N–H and O–H groups in total. The molecule has 3 aromatic rings. The molecule has 0 amide bonds. The van der Waals surface area contributed by atoms with Crippen LogP contribution in [0.2, 0.25) is 0 Å². The van der Waals surface area contributed by atoms with Crippen molar-refractivity contribution >= 4 is 6.08 Å². The minimum Gasteiger partial charge on any atom is -0.497 e. The fourth-order valence-corrected chi connectivity index (χ4v) is 3.38. The van der Waals surface area contributed by atoms with Crippen molar-refractivity contribution in [1.82, 2.24) is 0 Å². The zero-order valence-electron chi connectivity index (χ0n) is 16.8. The average Bonchev–Trinajstić information content (AvgIpc) is 2.71. The molecule has 1 nitrogen and oxygen atoms in total. The summed E-state index contributed by atoms with van der Waals surface area (Å²) < 4.78 is 5.27. The lowest BCUT2D eigenvalue weighted by Gasteiger charge is -2.14. The Balaban J connectivity index is 1.90. The van der Waals surface area contributed by atoms with E-state index in [1.807, 2.05) is 12.1 Å². The van der Waals surface area contributed by atoms with Gasteiger partial charge in [-0.2, -0.15) is 0 Å². The van der Waals surface area contributed by atoms with Crippen molar-refractivity contribution in [3.05, 3.63) is 83.4 Å². The number of benzene rings is 3. The third kappa shape index (κ3) is 4.31. The largest absolute Gasteiger partial charge is 0.497 e. The van der Waals surface area contributed by atoms with E-state index in [0.29, 0.717) is 0 Å². The van der Waals surface area contributed by atoms with Crippen LogP contribution in [0.3, 0.4) is 0 Å². The van der Waals surface area contributed by atoms with E-state index >= 15 is 0 Å². The monoisotopic (exact) mass is 356 g/mol. The van der Waals surface area contributed by atoms with Crippen molar-refractivity contribution in [2.45, 2.75) is 33.6 Å². The maximum Gasteiger partial charge on any atom is 0.118 e. The van der Waals surface area contributed by atoms with E-state index in [9.17, 15) is 0 Å². The van der Waals surface area contributed by atoms with E-state index in [4.69, 9.17) is 4.74 Å². The minimum absolute atomic E-state index is 0.887. The molecule has 0 saturated carbocycles. The summed E-state index contributed by atoms with van der Waals surface area (Å²) in [6.07, 6.45) is 6.77. The summed E-state index contributed by atoms with van der Waals surface area (Å²) in [5.74, 6) is 0.887. The van der Waals surface area contributed by atoms with Crippen LogP contribution in [0.4, 0.5) is 0 Å². The molecule has 0 atom stereocenters. The van der Waals surface area contributed by atoms with E-state index in [-0.39, 0.29) is 0 Å². The summed E-state index contributed by atoms with van der Waals surface area (Å²) in [4.78, 5) is 0. The Morgan fingerprint density at radius 2 is 1.26 bits per heavy atom. The topological polar surface area (TPSA) is 9.23 Å². The number of methoxy groups -OCH3 is 1. The van der Waals surface area contributed by atoms with Crippen LogP contribution in [0.25, 0.3) is 28.3 Å². The molecular weight excluding hydrogens is 328 g/mol. The predicted octanol–water partition coefficient (Wildman–Crippen LogP) is 7.46. The first kappa shape index (κ1) is 19.0. The first-order valence-corrected chi connectivity index (χ1v) is 9.65. The van der Waals surface area contributed by atoms with E-state index in [1.54, 1.807) is 7.11 Å². The Morgan fingerprint density at radius 3 is 1.74 bits per heavy atom. The lowest BCUT2D eigenvalue weighted by molar-refractivity contribution is 0.415. The van der Waals surface area contributed by atoms with Gasteiger partial charge in [-0.3, -0.25) is 0 Å². The average molecular weight is 357 g/mol. The van der Waals surface area contributed by atoms with Crippen LogP contribution < -0.4 is 4.74 Å². The molecular formula is C26H28O. The van der Waals surface area contributed by atoms with Crippen LogP contribution in [-0.2, 0) is 0 Å². The van der Waals surface area contributed by atoms with Crippen molar-refractivity contribution in [2.24, 2.45) is 0 Å². The lowest BCUT2D eigenvalue weighted by atomic mass is 9.90. The smallest absolute Gasteiger partial charge is 0.118 e. The van der Waals surface area contributed by atoms with Gasteiger partial charge in [-0.25, -0.2) is 0 Å². The minimum atomic E-state index is 0.887. The molecule has 0 spiro atoms. The highest BCUT2D eigenvalue weighted by Gasteiger charge is 2.10. The molecule has 0 bridgehead atoms. The first-order chi connectivity index (χ1) is 13.1. The zero-order valence-corrected chi connectivity index (χ0v) is 16.8. The third-order valence-electron chi connectivity index (χ3n) is 5.18. The van der Waals surface area contributed by atoms with E-state index in [0.717, 1.165) is 12.2 Å². The van der Waals surface area contributed by atoms with Gasteiger partial charge < -0.3 is 4.74 Å². The van der Waals surface area contributed by atoms with Gasteiger partial charge >= 0.3 is 0 Å². The molecule has 1 heteroatoms. The lowest BCUT2D eigenvalue weighted by Crippen LogP contribution is -1.92. The van der Waals surface area contributed by atoms with Crippen molar-refractivity contribution in [3.63, 3.8) is 0 Å². The molecule has 27 heavy (non-hydrogen) atoms. The van der Waals surface area contributed by atoms with Gasteiger partial charge in [-0.1, -0.05) is 74.0 Å². The van der Waals surface area contributed by atoms with Crippen LogP contribution in [-0.4, -0.2) is 7.11 Å². The number of rotatable bonds is 6. The number of allylic oxidation sites excluding steroid dienone is 1. The van der Waals surface area contributed by atoms with Gasteiger partial charge in [-0.05, 0) is 71.3 Å². The molecule has 138 valence electrons. The van der Waals surface area contributed by atoms with Gasteiger partial charge in [0.25, 0.3) is 0 Å². The maximum atomic E-state index is 5.27. The van der Waals surface area contributed by atoms with E-state index in [2.05, 4.69) is 81.5 Å². The van der Waals surface area contributed by atoms with Crippen molar-refractivity contribution < 1.29 is 4.74 Å². The number of unbranched alkanes of at least 4 members (excludes halogenated alkanes) is 1. The zero-order chi connectivity index (χ0) is 19.2. The highest BCUT2D eigenvalue weighted by atomic mass is 16.5. The predicted molar refractivity (Wildman–Crippen MR) is 117 cm³/mol. The molecule has 0 aromatic heterocycles. The quantitative estimate of drug-likeness (QED) is 0.445. The molecule has 0 heterocycles. The Hall–Kier alpha value is -2.80. The Kier molecular flexibility index (Phi) is 6.13. The fraction of sp³-hybridized carbons (Fsp3) is 0.231. The number of ether oxygens (including phenoxy) is 1. The van der Waals surface area contributed by atoms with Crippen LogP contribution in [0.5, 0.6) is 5.75 Å². The molecule has 0 saturated heterocycles. The number of hydrogen-bond donors (Lipinski definition) is 0. The second-order valence-electron chi connectivity index (χ2n) is 6.95. The van der Waals surface area contributed by atoms with Gasteiger partial charge in [0.15, 0.2) is 0 Å². The summed E-state index contributed by atoms with van der Waals surface area (Å²) in [7, 11) is 1.70. The molecule has 3 rings (SSSR count). The molecule has 0 aliphatic rings. The van der Waals surface area contributed by atoms with Crippen LogP contribution in [0.1, 0.15) is 36.5 Å². The molecule has 0 unspecified atom stereocenters. The summed E-state index contributed by atoms with van der Waals surface area (Å²) in [5.41, 5.74) is 8.98.